The van der Waals surface area contributed by atoms with Gasteiger partial charge in [0.05, 0.1) is 0 Å². The largest absolute Gasteiger partial charge is 0.460 e. The van der Waals surface area contributed by atoms with Crippen LogP contribution in [0.2, 0.25) is 0 Å². The monoisotopic (exact) mass is 217 g/mol. The van der Waals surface area contributed by atoms with E-state index in [0.29, 0.717) is 0 Å². The van der Waals surface area contributed by atoms with E-state index in [4.69, 9.17) is 10.5 Å². The first-order chi connectivity index (χ1) is 7.62. The Hall–Kier alpha value is -1.61. The van der Waals surface area contributed by atoms with Crippen molar-refractivity contribution in [3.05, 3.63) is 48.0 Å². The molecule has 1 aromatic rings. The van der Waals surface area contributed by atoms with Crippen LogP contribution in [0, 0.1) is 5.41 Å². The molecular formula is C13H15NO2. The van der Waals surface area contributed by atoms with Crippen molar-refractivity contribution >= 4 is 5.97 Å². The summed E-state index contributed by atoms with van der Waals surface area (Å²) in [6.45, 7) is 2.20. The number of esters is 1. The van der Waals surface area contributed by atoms with Crippen LogP contribution in [0.5, 0.6) is 0 Å². The van der Waals surface area contributed by atoms with Crippen molar-refractivity contribution in [1.82, 2.24) is 0 Å². The lowest BCUT2D eigenvalue weighted by Crippen LogP contribution is -2.40. The lowest BCUT2D eigenvalue weighted by atomic mass is 9.97. The molecule has 1 aliphatic rings. The zero-order chi connectivity index (χ0) is 11.6. The number of ether oxygens (including phenoxy) is 1. The Kier molecular flexibility index (Phi) is 2.79. The van der Waals surface area contributed by atoms with Crippen LogP contribution in [0.4, 0.5) is 0 Å². The highest BCUT2D eigenvalue weighted by Crippen LogP contribution is 2.36. The van der Waals surface area contributed by atoms with Gasteiger partial charge in [-0.3, -0.25) is 4.79 Å². The van der Waals surface area contributed by atoms with Crippen molar-refractivity contribution in [3.8, 4) is 0 Å². The highest BCUT2D eigenvalue weighted by atomic mass is 16.5. The van der Waals surface area contributed by atoms with Crippen molar-refractivity contribution in [1.29, 1.82) is 0 Å². The van der Waals surface area contributed by atoms with Gasteiger partial charge in [0.2, 0.25) is 0 Å². The van der Waals surface area contributed by atoms with Gasteiger partial charge in [-0.15, -0.1) is 0 Å². The maximum atomic E-state index is 11.6. The second-order valence-corrected chi connectivity index (χ2v) is 4.27. The Morgan fingerprint density at radius 3 is 2.56 bits per heavy atom. The fourth-order valence-electron chi connectivity index (χ4n) is 1.41. The van der Waals surface area contributed by atoms with E-state index in [9.17, 15) is 4.79 Å². The van der Waals surface area contributed by atoms with Crippen molar-refractivity contribution in [2.75, 3.05) is 0 Å². The lowest BCUT2D eigenvalue weighted by Gasteiger charge is -2.17. The number of rotatable bonds is 4. The van der Waals surface area contributed by atoms with E-state index in [1.807, 2.05) is 49.4 Å². The number of hydrogen-bond acceptors (Lipinski definition) is 3. The third-order valence-electron chi connectivity index (χ3n) is 2.84. The minimum atomic E-state index is -0.587. The van der Waals surface area contributed by atoms with E-state index in [-0.39, 0.29) is 18.0 Å². The van der Waals surface area contributed by atoms with Gasteiger partial charge in [-0.05, 0) is 5.56 Å². The van der Waals surface area contributed by atoms with Gasteiger partial charge in [-0.2, -0.15) is 0 Å². The van der Waals surface area contributed by atoms with Crippen molar-refractivity contribution < 1.29 is 9.53 Å². The van der Waals surface area contributed by atoms with Crippen LogP contribution < -0.4 is 5.73 Å². The molecule has 0 amide bonds. The smallest absolute Gasteiger partial charge is 0.324 e. The van der Waals surface area contributed by atoms with E-state index >= 15 is 0 Å². The van der Waals surface area contributed by atoms with Crippen LogP contribution in [0.3, 0.4) is 0 Å². The van der Waals surface area contributed by atoms with Gasteiger partial charge in [-0.25, -0.2) is 0 Å². The fourth-order valence-corrected chi connectivity index (χ4v) is 1.41. The van der Waals surface area contributed by atoms with Crippen molar-refractivity contribution in [3.63, 3.8) is 0 Å². The molecule has 2 rings (SSSR count). The Bertz CT molecular complexity index is 405. The standard InChI is InChI=1S/C13H15NO2/c1-13(7-8-13)11(14)12(15)16-9-10-5-3-2-4-6-10/h2-8,11H,9,14H2,1H3. The molecule has 84 valence electrons. The molecule has 1 aromatic carbocycles. The van der Waals surface area contributed by atoms with Crippen LogP contribution in [0.25, 0.3) is 0 Å². The van der Waals surface area contributed by atoms with E-state index in [1.165, 1.54) is 0 Å². The number of benzene rings is 1. The molecule has 0 aliphatic heterocycles. The fraction of sp³-hybridized carbons (Fsp3) is 0.308. The maximum absolute atomic E-state index is 11.6. The highest BCUT2D eigenvalue weighted by molar-refractivity contribution is 5.78. The van der Waals surface area contributed by atoms with Gasteiger partial charge in [0.25, 0.3) is 0 Å². The minimum Gasteiger partial charge on any atom is -0.460 e. The molecular weight excluding hydrogens is 202 g/mol. The first-order valence-corrected chi connectivity index (χ1v) is 5.28. The van der Waals surface area contributed by atoms with Gasteiger partial charge < -0.3 is 10.5 Å². The van der Waals surface area contributed by atoms with E-state index < -0.39 is 6.04 Å². The normalized spacial score (nSPS) is 17.9. The summed E-state index contributed by atoms with van der Waals surface area (Å²) in [7, 11) is 0. The second kappa shape index (κ2) is 4.10. The van der Waals surface area contributed by atoms with Crippen LogP contribution in [0.1, 0.15) is 12.5 Å². The molecule has 16 heavy (non-hydrogen) atoms. The second-order valence-electron chi connectivity index (χ2n) is 4.27. The van der Waals surface area contributed by atoms with Crippen molar-refractivity contribution in [2.45, 2.75) is 19.6 Å². The third kappa shape index (κ3) is 2.31. The molecule has 0 fully saturated rings. The molecule has 0 spiro atoms. The Morgan fingerprint density at radius 1 is 1.38 bits per heavy atom. The summed E-state index contributed by atoms with van der Waals surface area (Å²) in [6, 6.07) is 8.98. The van der Waals surface area contributed by atoms with Gasteiger partial charge in [0, 0.05) is 5.41 Å². The average molecular weight is 217 g/mol. The van der Waals surface area contributed by atoms with Gasteiger partial charge >= 0.3 is 5.97 Å². The van der Waals surface area contributed by atoms with E-state index in [1.54, 1.807) is 0 Å². The van der Waals surface area contributed by atoms with Crippen LogP contribution >= 0.6 is 0 Å². The predicted octanol–water partition coefficient (Wildman–Crippen LogP) is 1.63. The highest BCUT2D eigenvalue weighted by Gasteiger charge is 2.40. The van der Waals surface area contributed by atoms with Gasteiger partial charge in [0.1, 0.15) is 12.6 Å². The molecule has 1 unspecified atom stereocenters. The SMILES string of the molecule is CC1(C(N)C(=O)OCc2ccccc2)C=C1. The van der Waals surface area contributed by atoms with Crippen LogP contribution in [-0.2, 0) is 16.1 Å². The zero-order valence-electron chi connectivity index (χ0n) is 9.22. The molecule has 3 heteroatoms. The van der Waals surface area contributed by atoms with E-state index in [2.05, 4.69) is 0 Å². The summed E-state index contributed by atoms with van der Waals surface area (Å²) in [5.74, 6) is -0.351. The topological polar surface area (TPSA) is 52.3 Å². The number of carbonyl (C=O) groups is 1. The van der Waals surface area contributed by atoms with Crippen LogP contribution in [0.15, 0.2) is 42.5 Å². The lowest BCUT2D eigenvalue weighted by molar-refractivity contribution is -0.147. The first kappa shape index (κ1) is 10.9. The number of carbonyl (C=O) groups excluding carboxylic acids is 1. The molecule has 2 N–H and O–H groups in total. The minimum absolute atomic E-state index is 0.270. The molecule has 0 aromatic heterocycles. The first-order valence-electron chi connectivity index (χ1n) is 5.28. The summed E-state index contributed by atoms with van der Waals surface area (Å²) in [4.78, 5) is 11.6. The molecule has 0 saturated heterocycles. The van der Waals surface area contributed by atoms with Crippen LogP contribution in [-0.4, -0.2) is 12.0 Å². The number of hydrogen-bond donors (Lipinski definition) is 1. The molecule has 3 nitrogen and oxygen atoms in total. The summed E-state index contributed by atoms with van der Waals surface area (Å²) in [5.41, 5.74) is 6.48. The van der Waals surface area contributed by atoms with E-state index in [0.717, 1.165) is 5.56 Å². The third-order valence-corrected chi connectivity index (χ3v) is 2.84. The van der Waals surface area contributed by atoms with Crippen molar-refractivity contribution in [2.24, 2.45) is 11.1 Å². The Morgan fingerprint density at radius 2 is 2.00 bits per heavy atom. The molecule has 0 saturated carbocycles. The summed E-state index contributed by atoms with van der Waals surface area (Å²) >= 11 is 0. The predicted molar refractivity (Wildman–Crippen MR) is 61.5 cm³/mol. The van der Waals surface area contributed by atoms with Gasteiger partial charge in [-0.1, -0.05) is 49.4 Å². The van der Waals surface area contributed by atoms with Gasteiger partial charge in [0.15, 0.2) is 0 Å². The maximum Gasteiger partial charge on any atom is 0.324 e. The molecule has 1 atom stereocenters. The molecule has 1 aliphatic carbocycles. The zero-order valence-corrected chi connectivity index (χ0v) is 9.22. The summed E-state index contributed by atoms with van der Waals surface area (Å²) in [5, 5.41) is 0. The molecule has 0 heterocycles. The summed E-state index contributed by atoms with van der Waals surface area (Å²) < 4.78 is 5.15. The molecule has 0 radical (unpaired) electrons. The number of nitrogens with two attached hydrogens (primary N) is 1. The average Bonchev–Trinajstić information content (AvgIpc) is 3.06. The Balaban J connectivity index is 1.84. The Labute approximate surface area is 94.9 Å². The molecule has 0 bridgehead atoms. The summed E-state index contributed by atoms with van der Waals surface area (Å²) in [6.07, 6.45) is 3.84. The quantitative estimate of drug-likeness (QED) is 0.616.